The number of benzene rings is 1. The predicted octanol–water partition coefficient (Wildman–Crippen LogP) is 0.0749. The number of amides is 3. The number of phenolic OH excluding ortho intramolecular Hbond substituents is 1. The van der Waals surface area contributed by atoms with Crippen molar-refractivity contribution in [1.29, 1.82) is 0 Å². The van der Waals surface area contributed by atoms with Crippen molar-refractivity contribution < 1.29 is 39.3 Å². The van der Waals surface area contributed by atoms with E-state index in [4.69, 9.17) is 5.73 Å². The second kappa shape index (κ2) is 15.7. The SMILES string of the molecule is CSCCC(NC(=O)C(Cc1ccc(O)cc1)NC(=O)C(CC(=O)O)NC(=O)C(N)CC(C)C)C(=O)O. The lowest BCUT2D eigenvalue weighted by Gasteiger charge is -2.25. The average molecular weight is 541 g/mol. The first-order valence-corrected chi connectivity index (χ1v) is 13.1. The second-order valence-corrected chi connectivity index (χ2v) is 9.99. The molecule has 4 atom stereocenters. The molecule has 0 heterocycles. The molecule has 0 radical (unpaired) electrons. The molecule has 0 saturated heterocycles. The summed E-state index contributed by atoms with van der Waals surface area (Å²) in [5.74, 6) is -4.52. The summed E-state index contributed by atoms with van der Waals surface area (Å²) >= 11 is 1.40. The number of phenols is 1. The molecule has 4 unspecified atom stereocenters. The maximum absolute atomic E-state index is 13.1. The third kappa shape index (κ3) is 12.0. The summed E-state index contributed by atoms with van der Waals surface area (Å²) in [6.45, 7) is 3.70. The molecule has 206 valence electrons. The van der Waals surface area contributed by atoms with Gasteiger partial charge in [-0.05, 0) is 48.5 Å². The van der Waals surface area contributed by atoms with Gasteiger partial charge in [0.05, 0.1) is 12.5 Å². The van der Waals surface area contributed by atoms with Crippen LogP contribution in [-0.4, -0.2) is 81.2 Å². The maximum atomic E-state index is 13.1. The molecule has 0 aliphatic heterocycles. The summed E-state index contributed by atoms with van der Waals surface area (Å²) < 4.78 is 0. The fourth-order valence-electron chi connectivity index (χ4n) is 3.39. The van der Waals surface area contributed by atoms with Crippen molar-refractivity contribution >= 4 is 41.4 Å². The number of aliphatic carboxylic acids is 2. The van der Waals surface area contributed by atoms with Crippen LogP contribution in [0.3, 0.4) is 0 Å². The van der Waals surface area contributed by atoms with Crippen LogP contribution < -0.4 is 21.7 Å². The summed E-state index contributed by atoms with van der Waals surface area (Å²) in [6, 6.07) is 0.811. The van der Waals surface area contributed by atoms with Crippen LogP contribution in [0.15, 0.2) is 24.3 Å². The van der Waals surface area contributed by atoms with E-state index in [2.05, 4.69) is 16.0 Å². The highest BCUT2D eigenvalue weighted by Gasteiger charge is 2.31. The van der Waals surface area contributed by atoms with Gasteiger partial charge in [0, 0.05) is 6.42 Å². The predicted molar refractivity (Wildman–Crippen MR) is 138 cm³/mol. The molecule has 37 heavy (non-hydrogen) atoms. The van der Waals surface area contributed by atoms with Crippen LogP contribution in [0.4, 0.5) is 0 Å². The van der Waals surface area contributed by atoms with Gasteiger partial charge in [0.1, 0.15) is 23.9 Å². The number of carbonyl (C=O) groups is 5. The van der Waals surface area contributed by atoms with E-state index in [1.54, 1.807) is 6.26 Å². The lowest BCUT2D eigenvalue weighted by atomic mass is 10.0. The van der Waals surface area contributed by atoms with Gasteiger partial charge in [0.25, 0.3) is 0 Å². The van der Waals surface area contributed by atoms with E-state index >= 15 is 0 Å². The number of hydrogen-bond acceptors (Lipinski definition) is 8. The van der Waals surface area contributed by atoms with Crippen molar-refractivity contribution in [3.05, 3.63) is 29.8 Å². The maximum Gasteiger partial charge on any atom is 0.326 e. The van der Waals surface area contributed by atoms with Gasteiger partial charge in [-0.1, -0.05) is 26.0 Å². The van der Waals surface area contributed by atoms with Crippen molar-refractivity contribution in [3.8, 4) is 5.75 Å². The third-order valence-electron chi connectivity index (χ3n) is 5.31. The molecular weight excluding hydrogens is 504 g/mol. The Morgan fingerprint density at radius 1 is 0.892 bits per heavy atom. The lowest BCUT2D eigenvalue weighted by molar-refractivity contribution is -0.143. The number of rotatable bonds is 16. The van der Waals surface area contributed by atoms with Gasteiger partial charge < -0.3 is 37.0 Å². The Labute approximate surface area is 219 Å². The fourth-order valence-corrected chi connectivity index (χ4v) is 3.86. The number of aromatic hydroxyl groups is 1. The molecule has 0 aliphatic rings. The summed E-state index contributed by atoms with van der Waals surface area (Å²) in [7, 11) is 0. The summed E-state index contributed by atoms with van der Waals surface area (Å²) in [5.41, 5.74) is 6.39. The Kier molecular flexibility index (Phi) is 13.5. The molecule has 0 bridgehead atoms. The molecule has 0 saturated carbocycles. The fraction of sp³-hybridized carbons (Fsp3) is 0.542. The zero-order valence-corrected chi connectivity index (χ0v) is 21.9. The highest BCUT2D eigenvalue weighted by atomic mass is 32.2. The van der Waals surface area contributed by atoms with Crippen molar-refractivity contribution in [2.45, 2.75) is 63.7 Å². The molecule has 0 spiro atoms. The minimum absolute atomic E-state index is 0.0150. The van der Waals surface area contributed by atoms with Gasteiger partial charge in [-0.2, -0.15) is 11.8 Å². The molecule has 1 aromatic carbocycles. The van der Waals surface area contributed by atoms with Gasteiger partial charge in [0.15, 0.2) is 0 Å². The van der Waals surface area contributed by atoms with E-state index in [0.717, 1.165) is 0 Å². The normalized spacial score (nSPS) is 14.2. The summed E-state index contributed by atoms with van der Waals surface area (Å²) in [5, 5.41) is 35.4. The molecule has 1 aromatic rings. The first-order chi connectivity index (χ1) is 17.3. The van der Waals surface area contributed by atoms with Gasteiger partial charge >= 0.3 is 11.9 Å². The van der Waals surface area contributed by atoms with Crippen molar-refractivity contribution in [2.24, 2.45) is 11.7 Å². The molecule has 0 aliphatic carbocycles. The van der Waals surface area contributed by atoms with Crippen LogP contribution in [0.5, 0.6) is 5.75 Å². The standard InChI is InChI=1S/C24H36N4O8S/c1-13(2)10-16(25)21(32)27-19(12-20(30)31)23(34)28-18(11-14-4-6-15(29)7-5-14)22(33)26-17(24(35)36)8-9-37-3/h4-7,13,16-19,29H,8-12,25H2,1-3H3,(H,26,33)(H,27,32)(H,28,34)(H,30,31)(H,35,36). The lowest BCUT2D eigenvalue weighted by Crippen LogP contribution is -2.58. The monoisotopic (exact) mass is 540 g/mol. The zero-order valence-electron chi connectivity index (χ0n) is 21.1. The van der Waals surface area contributed by atoms with E-state index in [9.17, 15) is 39.3 Å². The van der Waals surface area contributed by atoms with Crippen LogP contribution in [0.25, 0.3) is 0 Å². The number of nitrogens with two attached hydrogens (primary N) is 1. The largest absolute Gasteiger partial charge is 0.508 e. The number of nitrogens with one attached hydrogen (secondary N) is 3. The van der Waals surface area contributed by atoms with E-state index < -0.39 is 60.2 Å². The number of carboxylic acid groups (broad SMARTS) is 2. The van der Waals surface area contributed by atoms with Crippen LogP contribution in [0.2, 0.25) is 0 Å². The Bertz CT molecular complexity index is 941. The number of hydrogen-bond donors (Lipinski definition) is 7. The van der Waals surface area contributed by atoms with Crippen molar-refractivity contribution in [2.75, 3.05) is 12.0 Å². The van der Waals surface area contributed by atoms with Gasteiger partial charge in [-0.3, -0.25) is 19.2 Å². The van der Waals surface area contributed by atoms with Crippen molar-refractivity contribution in [1.82, 2.24) is 16.0 Å². The molecule has 0 aromatic heterocycles. The van der Waals surface area contributed by atoms with Crippen LogP contribution in [0, 0.1) is 5.92 Å². The molecule has 12 nitrogen and oxygen atoms in total. The average Bonchev–Trinajstić information content (AvgIpc) is 2.80. The van der Waals surface area contributed by atoms with E-state index in [-0.39, 0.29) is 24.5 Å². The topological polar surface area (TPSA) is 208 Å². The zero-order chi connectivity index (χ0) is 28.1. The Morgan fingerprint density at radius 3 is 1.95 bits per heavy atom. The number of carbonyl (C=O) groups excluding carboxylic acids is 3. The molecular formula is C24H36N4O8S. The summed E-state index contributed by atoms with van der Waals surface area (Å²) in [6.07, 6.45) is 1.40. The van der Waals surface area contributed by atoms with Gasteiger partial charge in [-0.15, -0.1) is 0 Å². The minimum Gasteiger partial charge on any atom is -0.508 e. The van der Waals surface area contributed by atoms with Crippen LogP contribution in [-0.2, 0) is 30.4 Å². The molecule has 13 heteroatoms. The highest BCUT2D eigenvalue weighted by molar-refractivity contribution is 7.98. The highest BCUT2D eigenvalue weighted by Crippen LogP contribution is 2.12. The quantitative estimate of drug-likeness (QED) is 0.150. The van der Waals surface area contributed by atoms with Crippen molar-refractivity contribution in [3.63, 3.8) is 0 Å². The molecule has 3 amide bonds. The molecule has 1 rings (SSSR count). The first-order valence-electron chi connectivity index (χ1n) is 11.7. The van der Waals surface area contributed by atoms with Gasteiger partial charge in [0.2, 0.25) is 17.7 Å². The second-order valence-electron chi connectivity index (χ2n) is 9.01. The van der Waals surface area contributed by atoms with E-state index in [0.29, 0.717) is 17.7 Å². The van der Waals surface area contributed by atoms with E-state index in [1.807, 2.05) is 13.8 Å². The molecule has 0 fully saturated rings. The van der Waals surface area contributed by atoms with Crippen LogP contribution in [0.1, 0.15) is 38.7 Å². The van der Waals surface area contributed by atoms with E-state index in [1.165, 1.54) is 36.0 Å². The summed E-state index contributed by atoms with van der Waals surface area (Å²) in [4.78, 5) is 61.5. The Morgan fingerprint density at radius 2 is 1.43 bits per heavy atom. The Balaban J connectivity index is 3.14. The minimum atomic E-state index is -1.52. The third-order valence-corrected chi connectivity index (χ3v) is 5.95. The number of thioether (sulfide) groups is 1. The molecule has 8 N–H and O–H groups in total. The first kappa shape index (κ1) is 31.7. The number of carboxylic acids is 2. The van der Waals surface area contributed by atoms with Gasteiger partial charge in [-0.25, -0.2) is 4.79 Å². The Hall–Kier alpha value is -3.32. The van der Waals surface area contributed by atoms with Crippen LogP contribution >= 0.6 is 11.8 Å². The smallest absolute Gasteiger partial charge is 0.326 e.